The summed E-state index contributed by atoms with van der Waals surface area (Å²) in [6.45, 7) is 7.27. The highest BCUT2D eigenvalue weighted by molar-refractivity contribution is 5.66. The zero-order valence-corrected chi connectivity index (χ0v) is 17.8. The van der Waals surface area contributed by atoms with Crippen LogP contribution in [-0.4, -0.2) is 29.7 Å². The van der Waals surface area contributed by atoms with Crippen LogP contribution >= 0.6 is 0 Å². The lowest BCUT2D eigenvalue weighted by Crippen LogP contribution is -2.36. The van der Waals surface area contributed by atoms with Gasteiger partial charge in [-0.2, -0.15) is 0 Å². The fourth-order valence-corrected chi connectivity index (χ4v) is 4.20. The van der Waals surface area contributed by atoms with Gasteiger partial charge in [0.25, 0.3) is 0 Å². The first kappa shape index (κ1) is 19.9. The molecule has 2 aliphatic rings. The Bertz CT molecular complexity index is 805. The maximum atomic E-state index is 6.11. The molecular weight excluding hydrogens is 358 g/mol. The largest absolute Gasteiger partial charge is 0.493 e. The molecule has 2 heterocycles. The molecule has 1 unspecified atom stereocenters. The van der Waals surface area contributed by atoms with Crippen LogP contribution in [0.4, 0.5) is 5.95 Å². The summed E-state index contributed by atoms with van der Waals surface area (Å²) < 4.78 is 6.11. The van der Waals surface area contributed by atoms with Crippen LogP contribution in [-0.2, 0) is 6.42 Å². The van der Waals surface area contributed by atoms with E-state index in [0.29, 0.717) is 5.92 Å². The van der Waals surface area contributed by atoms with E-state index in [1.54, 1.807) is 0 Å². The van der Waals surface area contributed by atoms with Gasteiger partial charge in [-0.25, -0.2) is 9.97 Å². The maximum absolute atomic E-state index is 6.11. The Labute approximate surface area is 175 Å². The quantitative estimate of drug-likeness (QED) is 0.648. The highest BCUT2D eigenvalue weighted by Gasteiger charge is 2.21. The monoisotopic (exact) mass is 391 g/mol. The fourth-order valence-electron chi connectivity index (χ4n) is 4.20. The average Bonchev–Trinajstić information content (AvgIpc) is 2.79. The van der Waals surface area contributed by atoms with E-state index in [1.165, 1.54) is 36.0 Å². The van der Waals surface area contributed by atoms with Crippen LogP contribution in [0, 0.1) is 11.8 Å². The molecule has 4 nitrogen and oxygen atoms in total. The van der Waals surface area contributed by atoms with Gasteiger partial charge in [-0.05, 0) is 79.2 Å². The number of rotatable bonds is 6. The van der Waals surface area contributed by atoms with Gasteiger partial charge < -0.3 is 9.64 Å². The molecule has 1 aromatic carbocycles. The van der Waals surface area contributed by atoms with Crippen molar-refractivity contribution in [1.29, 1.82) is 0 Å². The molecule has 1 atom stereocenters. The van der Waals surface area contributed by atoms with Gasteiger partial charge in [0, 0.05) is 25.5 Å². The SMILES string of the molecule is CCc1cnc(N2CCC(COc3ccc(C4=CCC(C)CC4)cc3)CC2)nc1. The second-order valence-electron chi connectivity index (χ2n) is 8.62. The normalized spacial score (nSPS) is 20.4. The Morgan fingerprint density at radius 2 is 1.76 bits per heavy atom. The number of piperidine rings is 1. The maximum Gasteiger partial charge on any atom is 0.225 e. The number of anilines is 1. The number of aromatic nitrogens is 2. The summed E-state index contributed by atoms with van der Waals surface area (Å²) in [5.41, 5.74) is 4.04. The van der Waals surface area contributed by atoms with Gasteiger partial charge in [-0.1, -0.05) is 32.1 Å². The minimum atomic E-state index is 0.600. The molecule has 29 heavy (non-hydrogen) atoms. The van der Waals surface area contributed by atoms with Crippen molar-refractivity contribution in [3.63, 3.8) is 0 Å². The van der Waals surface area contributed by atoms with Crippen molar-refractivity contribution in [3.05, 3.63) is 53.9 Å². The van der Waals surface area contributed by atoms with E-state index < -0.39 is 0 Å². The number of hydrogen-bond donors (Lipinski definition) is 0. The van der Waals surface area contributed by atoms with Gasteiger partial charge in [0.15, 0.2) is 0 Å². The van der Waals surface area contributed by atoms with Crippen LogP contribution in [0.2, 0.25) is 0 Å². The van der Waals surface area contributed by atoms with Gasteiger partial charge in [0.1, 0.15) is 5.75 Å². The minimum absolute atomic E-state index is 0.600. The van der Waals surface area contributed by atoms with Crippen LogP contribution < -0.4 is 9.64 Å². The Balaban J connectivity index is 1.24. The Morgan fingerprint density at radius 1 is 1.03 bits per heavy atom. The first-order chi connectivity index (χ1) is 14.2. The van der Waals surface area contributed by atoms with Gasteiger partial charge in [-0.3, -0.25) is 0 Å². The molecule has 1 saturated heterocycles. The fraction of sp³-hybridized carbons (Fsp3) is 0.520. The molecule has 0 saturated carbocycles. The molecule has 2 aromatic rings. The van der Waals surface area contributed by atoms with Crippen LogP contribution in [0.5, 0.6) is 5.75 Å². The van der Waals surface area contributed by atoms with E-state index in [0.717, 1.165) is 56.6 Å². The highest BCUT2D eigenvalue weighted by atomic mass is 16.5. The Hall–Kier alpha value is -2.36. The molecule has 1 aliphatic carbocycles. The summed E-state index contributed by atoms with van der Waals surface area (Å²) in [6, 6.07) is 8.70. The molecule has 0 radical (unpaired) electrons. The predicted octanol–water partition coefficient (Wildman–Crippen LogP) is 5.54. The molecule has 1 fully saturated rings. The summed E-state index contributed by atoms with van der Waals surface area (Å²) in [5, 5.41) is 0. The van der Waals surface area contributed by atoms with Gasteiger partial charge in [0.05, 0.1) is 6.61 Å². The number of aryl methyl sites for hydroxylation is 1. The number of nitrogens with zero attached hydrogens (tertiary/aromatic N) is 3. The Morgan fingerprint density at radius 3 is 2.38 bits per heavy atom. The van der Waals surface area contributed by atoms with Gasteiger partial charge >= 0.3 is 0 Å². The van der Waals surface area contributed by atoms with Crippen molar-refractivity contribution in [2.45, 2.75) is 52.4 Å². The molecule has 4 heteroatoms. The van der Waals surface area contributed by atoms with E-state index in [1.807, 2.05) is 12.4 Å². The zero-order chi connectivity index (χ0) is 20.1. The predicted molar refractivity (Wildman–Crippen MR) is 119 cm³/mol. The first-order valence-electron chi connectivity index (χ1n) is 11.2. The molecular formula is C25H33N3O. The van der Waals surface area contributed by atoms with E-state index >= 15 is 0 Å². The van der Waals surface area contributed by atoms with E-state index in [2.05, 4.69) is 59.1 Å². The van der Waals surface area contributed by atoms with Crippen molar-refractivity contribution >= 4 is 11.5 Å². The number of ether oxygens (including phenoxy) is 1. The molecule has 4 rings (SSSR count). The standard InChI is InChI=1S/C25H33N3O/c1-3-20-16-26-25(27-17-20)28-14-12-21(13-15-28)18-29-24-10-8-23(9-11-24)22-6-4-19(2)5-7-22/h6,8-11,16-17,19,21H,3-5,7,12-15,18H2,1-2H3. The lowest BCUT2D eigenvalue weighted by atomic mass is 9.88. The highest BCUT2D eigenvalue weighted by Crippen LogP contribution is 2.31. The summed E-state index contributed by atoms with van der Waals surface area (Å²) in [7, 11) is 0. The van der Waals surface area contributed by atoms with E-state index in [9.17, 15) is 0 Å². The van der Waals surface area contributed by atoms with Gasteiger partial charge in [-0.15, -0.1) is 0 Å². The van der Waals surface area contributed by atoms with Crippen LogP contribution in [0.3, 0.4) is 0 Å². The number of allylic oxidation sites excluding steroid dienone is 2. The van der Waals surface area contributed by atoms with E-state index in [-0.39, 0.29) is 0 Å². The van der Waals surface area contributed by atoms with Crippen LogP contribution in [0.25, 0.3) is 5.57 Å². The third kappa shape index (κ3) is 5.17. The lowest BCUT2D eigenvalue weighted by molar-refractivity contribution is 0.222. The molecule has 0 spiro atoms. The molecule has 0 amide bonds. The Kier molecular flexibility index (Phi) is 6.48. The van der Waals surface area contributed by atoms with Gasteiger partial charge in [0.2, 0.25) is 5.95 Å². The summed E-state index contributed by atoms with van der Waals surface area (Å²) in [4.78, 5) is 11.3. The minimum Gasteiger partial charge on any atom is -0.493 e. The number of benzene rings is 1. The van der Waals surface area contributed by atoms with Crippen molar-refractivity contribution in [2.24, 2.45) is 11.8 Å². The van der Waals surface area contributed by atoms with Crippen molar-refractivity contribution in [2.75, 3.05) is 24.6 Å². The third-order valence-corrected chi connectivity index (χ3v) is 6.38. The summed E-state index contributed by atoms with van der Waals surface area (Å²) in [6.07, 6.45) is 13.3. The van der Waals surface area contributed by atoms with Crippen molar-refractivity contribution in [3.8, 4) is 5.75 Å². The first-order valence-corrected chi connectivity index (χ1v) is 11.2. The zero-order valence-electron chi connectivity index (χ0n) is 17.8. The summed E-state index contributed by atoms with van der Waals surface area (Å²) >= 11 is 0. The van der Waals surface area contributed by atoms with Crippen LogP contribution in [0.1, 0.15) is 57.1 Å². The summed E-state index contributed by atoms with van der Waals surface area (Å²) in [5.74, 6) is 3.28. The molecule has 0 bridgehead atoms. The second kappa shape index (κ2) is 9.43. The second-order valence-corrected chi connectivity index (χ2v) is 8.62. The topological polar surface area (TPSA) is 38.2 Å². The molecule has 1 aromatic heterocycles. The third-order valence-electron chi connectivity index (χ3n) is 6.38. The van der Waals surface area contributed by atoms with E-state index in [4.69, 9.17) is 4.74 Å². The smallest absolute Gasteiger partial charge is 0.225 e. The lowest BCUT2D eigenvalue weighted by Gasteiger charge is -2.31. The molecule has 154 valence electrons. The number of hydrogen-bond acceptors (Lipinski definition) is 4. The van der Waals surface area contributed by atoms with Crippen molar-refractivity contribution in [1.82, 2.24) is 9.97 Å². The van der Waals surface area contributed by atoms with Crippen LogP contribution in [0.15, 0.2) is 42.7 Å². The average molecular weight is 392 g/mol. The van der Waals surface area contributed by atoms with Crippen molar-refractivity contribution < 1.29 is 4.74 Å². The molecule has 1 aliphatic heterocycles. The molecule has 0 N–H and O–H groups in total.